The van der Waals surface area contributed by atoms with E-state index in [0.29, 0.717) is 6.54 Å². The van der Waals surface area contributed by atoms with Gasteiger partial charge >= 0.3 is 0 Å². The Balaban J connectivity index is 2.43. The Morgan fingerprint density at radius 3 is 3.15 bits per heavy atom. The van der Waals surface area contributed by atoms with Crippen LogP contribution in [0.1, 0.15) is 17.2 Å². The topological polar surface area (TPSA) is 32.3 Å². The molecule has 1 unspecified atom stereocenters. The Morgan fingerprint density at radius 1 is 1.46 bits per heavy atom. The van der Waals surface area contributed by atoms with Crippen LogP contribution in [0.15, 0.2) is 18.2 Å². The van der Waals surface area contributed by atoms with Gasteiger partial charge in [-0.25, -0.2) is 4.39 Å². The highest BCUT2D eigenvalue weighted by Gasteiger charge is 2.15. The van der Waals surface area contributed by atoms with Crippen molar-refractivity contribution in [3.8, 4) is 0 Å². The quantitative estimate of drug-likeness (QED) is 0.626. The minimum atomic E-state index is -0.576. The molecule has 0 aromatic heterocycles. The molecule has 13 heavy (non-hydrogen) atoms. The third kappa shape index (κ3) is 1.71. The van der Waals surface area contributed by atoms with E-state index in [4.69, 9.17) is 0 Å². The normalized spacial score (nSPS) is 22.2. The summed E-state index contributed by atoms with van der Waals surface area (Å²) < 4.78 is 12.9. The van der Waals surface area contributed by atoms with Crippen LogP contribution in [-0.2, 0) is 6.42 Å². The van der Waals surface area contributed by atoms with Crippen molar-refractivity contribution in [2.24, 2.45) is 0 Å². The summed E-state index contributed by atoms with van der Waals surface area (Å²) in [5, 5.41) is 12.7. The predicted molar refractivity (Wildman–Crippen MR) is 47.9 cm³/mol. The maximum absolute atomic E-state index is 12.9. The SMILES string of the molecule is OC1CNCCc2ccc(F)cc21. The number of hydrogen-bond donors (Lipinski definition) is 2. The first kappa shape index (κ1) is 8.66. The van der Waals surface area contributed by atoms with E-state index in [1.807, 2.05) is 0 Å². The number of benzene rings is 1. The summed E-state index contributed by atoms with van der Waals surface area (Å²) >= 11 is 0. The van der Waals surface area contributed by atoms with E-state index >= 15 is 0 Å². The van der Waals surface area contributed by atoms with Crippen molar-refractivity contribution in [3.05, 3.63) is 35.1 Å². The lowest BCUT2D eigenvalue weighted by Crippen LogP contribution is -2.19. The second-order valence-electron chi connectivity index (χ2n) is 3.31. The molecular formula is C10H12FNO. The average Bonchev–Trinajstić information content (AvgIpc) is 2.29. The molecule has 0 saturated carbocycles. The Kier molecular flexibility index (Phi) is 2.29. The largest absolute Gasteiger partial charge is 0.387 e. The van der Waals surface area contributed by atoms with Gasteiger partial charge in [-0.2, -0.15) is 0 Å². The van der Waals surface area contributed by atoms with Crippen LogP contribution in [0.5, 0.6) is 0 Å². The van der Waals surface area contributed by atoms with E-state index in [-0.39, 0.29) is 5.82 Å². The van der Waals surface area contributed by atoms with Gasteiger partial charge in [-0.15, -0.1) is 0 Å². The molecule has 0 amide bonds. The van der Waals surface area contributed by atoms with Crippen LogP contribution in [0.25, 0.3) is 0 Å². The van der Waals surface area contributed by atoms with Crippen molar-refractivity contribution in [1.82, 2.24) is 5.32 Å². The van der Waals surface area contributed by atoms with Crippen molar-refractivity contribution in [2.45, 2.75) is 12.5 Å². The number of aliphatic hydroxyl groups excluding tert-OH is 1. The number of fused-ring (bicyclic) bond motifs is 1. The number of halogens is 1. The fourth-order valence-corrected chi connectivity index (χ4v) is 1.68. The third-order valence-electron chi connectivity index (χ3n) is 2.38. The molecule has 0 spiro atoms. The van der Waals surface area contributed by atoms with E-state index in [2.05, 4.69) is 5.32 Å². The lowest BCUT2D eigenvalue weighted by molar-refractivity contribution is 0.177. The molecule has 3 heteroatoms. The number of β-amino-alcohol motifs (C(OH)–C–C–N with tert-alkyl or cyclic N) is 1. The van der Waals surface area contributed by atoms with Gasteiger partial charge in [0, 0.05) is 6.54 Å². The molecule has 0 saturated heterocycles. The molecule has 1 aromatic carbocycles. The molecule has 2 rings (SSSR count). The van der Waals surface area contributed by atoms with Gasteiger partial charge in [-0.1, -0.05) is 6.07 Å². The Bertz CT molecular complexity index is 314. The lowest BCUT2D eigenvalue weighted by Gasteiger charge is -2.10. The molecule has 1 atom stereocenters. The molecule has 1 heterocycles. The average molecular weight is 181 g/mol. The van der Waals surface area contributed by atoms with Gasteiger partial charge in [0.1, 0.15) is 5.82 Å². The fraction of sp³-hybridized carbons (Fsp3) is 0.400. The molecule has 0 aliphatic carbocycles. The zero-order chi connectivity index (χ0) is 9.26. The molecule has 70 valence electrons. The van der Waals surface area contributed by atoms with Crippen LogP contribution in [0.2, 0.25) is 0 Å². The fourth-order valence-electron chi connectivity index (χ4n) is 1.68. The number of nitrogens with one attached hydrogen (secondary N) is 1. The standard InChI is InChI=1S/C10H12FNO/c11-8-2-1-7-3-4-12-6-10(13)9(7)5-8/h1-2,5,10,12-13H,3-4,6H2. The minimum absolute atomic E-state index is 0.278. The van der Waals surface area contributed by atoms with Crippen molar-refractivity contribution >= 4 is 0 Å². The number of aliphatic hydroxyl groups is 1. The van der Waals surface area contributed by atoms with Gasteiger partial charge in [0.05, 0.1) is 6.10 Å². The van der Waals surface area contributed by atoms with Crippen molar-refractivity contribution in [1.29, 1.82) is 0 Å². The summed E-state index contributed by atoms with van der Waals surface area (Å²) in [6, 6.07) is 4.62. The molecule has 2 N–H and O–H groups in total. The van der Waals surface area contributed by atoms with Crippen LogP contribution >= 0.6 is 0 Å². The van der Waals surface area contributed by atoms with Crippen molar-refractivity contribution < 1.29 is 9.50 Å². The van der Waals surface area contributed by atoms with E-state index < -0.39 is 6.10 Å². The van der Waals surface area contributed by atoms with E-state index in [0.717, 1.165) is 24.1 Å². The highest BCUT2D eigenvalue weighted by Crippen LogP contribution is 2.21. The molecule has 0 radical (unpaired) electrons. The smallest absolute Gasteiger partial charge is 0.123 e. The minimum Gasteiger partial charge on any atom is -0.387 e. The lowest BCUT2D eigenvalue weighted by atomic mass is 10.0. The first-order valence-corrected chi connectivity index (χ1v) is 4.44. The van der Waals surface area contributed by atoms with E-state index in [1.54, 1.807) is 6.07 Å². The maximum atomic E-state index is 12.9. The molecular weight excluding hydrogens is 169 g/mol. The summed E-state index contributed by atoms with van der Waals surface area (Å²) in [6.07, 6.45) is 0.278. The van der Waals surface area contributed by atoms with E-state index in [1.165, 1.54) is 12.1 Å². The zero-order valence-corrected chi connectivity index (χ0v) is 7.26. The highest BCUT2D eigenvalue weighted by atomic mass is 19.1. The summed E-state index contributed by atoms with van der Waals surface area (Å²) in [6.45, 7) is 1.35. The van der Waals surface area contributed by atoms with Crippen molar-refractivity contribution in [2.75, 3.05) is 13.1 Å². The van der Waals surface area contributed by atoms with Gasteiger partial charge in [0.2, 0.25) is 0 Å². The third-order valence-corrected chi connectivity index (χ3v) is 2.38. The van der Waals surface area contributed by atoms with Crippen molar-refractivity contribution in [3.63, 3.8) is 0 Å². The van der Waals surface area contributed by atoms with Crippen LogP contribution in [0.4, 0.5) is 4.39 Å². The first-order valence-electron chi connectivity index (χ1n) is 4.44. The zero-order valence-electron chi connectivity index (χ0n) is 7.26. The number of hydrogen-bond acceptors (Lipinski definition) is 2. The molecule has 1 aromatic rings. The highest BCUT2D eigenvalue weighted by molar-refractivity contribution is 5.31. The van der Waals surface area contributed by atoms with Gasteiger partial charge in [-0.3, -0.25) is 0 Å². The maximum Gasteiger partial charge on any atom is 0.123 e. The Hall–Kier alpha value is -0.930. The van der Waals surface area contributed by atoms with Crippen LogP contribution in [-0.4, -0.2) is 18.2 Å². The Morgan fingerprint density at radius 2 is 2.31 bits per heavy atom. The molecule has 2 nitrogen and oxygen atoms in total. The van der Waals surface area contributed by atoms with Gasteiger partial charge in [0.25, 0.3) is 0 Å². The Labute approximate surface area is 76.4 Å². The monoisotopic (exact) mass is 181 g/mol. The number of rotatable bonds is 0. The second-order valence-corrected chi connectivity index (χ2v) is 3.31. The van der Waals surface area contributed by atoms with Crippen LogP contribution in [0.3, 0.4) is 0 Å². The molecule has 0 bridgehead atoms. The van der Waals surface area contributed by atoms with Gasteiger partial charge < -0.3 is 10.4 Å². The molecule has 0 fully saturated rings. The first-order chi connectivity index (χ1) is 6.27. The summed E-state index contributed by atoms with van der Waals surface area (Å²) in [5.41, 5.74) is 1.77. The van der Waals surface area contributed by atoms with Gasteiger partial charge in [0.15, 0.2) is 0 Å². The summed E-state index contributed by atoms with van der Waals surface area (Å²) in [5.74, 6) is -0.278. The summed E-state index contributed by atoms with van der Waals surface area (Å²) in [4.78, 5) is 0. The van der Waals surface area contributed by atoms with Crippen LogP contribution < -0.4 is 5.32 Å². The van der Waals surface area contributed by atoms with Gasteiger partial charge in [-0.05, 0) is 36.2 Å². The molecule has 1 aliphatic rings. The summed E-state index contributed by atoms with van der Waals surface area (Å²) in [7, 11) is 0. The molecule has 1 aliphatic heterocycles. The predicted octanol–water partition coefficient (Wildman–Crippen LogP) is 1.00. The van der Waals surface area contributed by atoms with E-state index in [9.17, 15) is 9.50 Å². The van der Waals surface area contributed by atoms with Crippen LogP contribution in [0, 0.1) is 5.82 Å². The second kappa shape index (κ2) is 3.44.